The fourth-order valence-electron chi connectivity index (χ4n) is 4.25. The summed E-state index contributed by atoms with van der Waals surface area (Å²) in [5.74, 6) is -0.166. The molecule has 0 fully saturated rings. The Balaban J connectivity index is 3.71. The molecule has 3 heteroatoms. The smallest absolute Gasteiger partial charge is 0.326 e. The fraction of sp³-hybridized carbons (Fsp3) is 0.963. The molecule has 2 N–H and O–H groups in total. The molecule has 0 bridgehead atoms. The molecular weight excluding hydrogens is 370 g/mol. The van der Waals surface area contributed by atoms with Gasteiger partial charge in [-0.15, -0.1) is 0 Å². The summed E-state index contributed by atoms with van der Waals surface area (Å²) in [6, 6.07) is 0. The number of ether oxygens (including phenoxy) is 1. The molecule has 30 heavy (non-hydrogen) atoms. The Morgan fingerprint density at radius 3 is 1.40 bits per heavy atom. The van der Waals surface area contributed by atoms with Gasteiger partial charge in [0.1, 0.15) is 5.54 Å². The van der Waals surface area contributed by atoms with Gasteiger partial charge < -0.3 is 10.5 Å². The Bertz CT molecular complexity index is 372. The van der Waals surface area contributed by atoms with Gasteiger partial charge >= 0.3 is 5.97 Å². The van der Waals surface area contributed by atoms with Crippen molar-refractivity contribution in [3.63, 3.8) is 0 Å². The third kappa shape index (κ3) is 17.1. The summed E-state index contributed by atoms with van der Waals surface area (Å²) < 4.78 is 5.58. The number of hydrogen-bond donors (Lipinski definition) is 1. The molecule has 0 amide bonds. The second kappa shape index (κ2) is 21.7. The minimum absolute atomic E-state index is 0.166. The van der Waals surface area contributed by atoms with Crippen molar-refractivity contribution in [1.29, 1.82) is 0 Å². The lowest BCUT2D eigenvalue weighted by Crippen LogP contribution is -2.49. The lowest BCUT2D eigenvalue weighted by molar-refractivity contribution is -0.151. The molecule has 0 heterocycles. The first-order valence-electron chi connectivity index (χ1n) is 13.6. The summed E-state index contributed by atoms with van der Waals surface area (Å²) in [5, 5.41) is 0. The maximum absolute atomic E-state index is 12.6. The minimum Gasteiger partial charge on any atom is -0.464 e. The first-order valence-corrected chi connectivity index (χ1v) is 13.6. The van der Waals surface area contributed by atoms with Gasteiger partial charge in [0, 0.05) is 0 Å². The predicted molar refractivity (Wildman–Crippen MR) is 132 cm³/mol. The third-order valence-corrected chi connectivity index (χ3v) is 6.31. The maximum Gasteiger partial charge on any atom is 0.326 e. The van der Waals surface area contributed by atoms with Crippen molar-refractivity contribution >= 4 is 5.97 Å². The zero-order valence-electron chi connectivity index (χ0n) is 21.0. The summed E-state index contributed by atoms with van der Waals surface area (Å²) in [5.41, 5.74) is 5.70. The topological polar surface area (TPSA) is 52.3 Å². The van der Waals surface area contributed by atoms with E-state index < -0.39 is 5.54 Å². The van der Waals surface area contributed by atoms with Crippen molar-refractivity contribution in [1.82, 2.24) is 0 Å². The highest BCUT2D eigenvalue weighted by Gasteiger charge is 2.33. The molecule has 0 aromatic carbocycles. The van der Waals surface area contributed by atoms with Crippen molar-refractivity contribution < 1.29 is 9.53 Å². The molecule has 1 atom stereocenters. The van der Waals surface area contributed by atoms with E-state index in [4.69, 9.17) is 10.5 Å². The summed E-state index contributed by atoms with van der Waals surface area (Å²) in [7, 11) is 0. The van der Waals surface area contributed by atoms with Crippen LogP contribution >= 0.6 is 0 Å². The highest BCUT2D eigenvalue weighted by atomic mass is 16.5. The van der Waals surface area contributed by atoms with Crippen molar-refractivity contribution in [3.8, 4) is 0 Å². The minimum atomic E-state index is -0.767. The van der Waals surface area contributed by atoms with Crippen LogP contribution in [0.3, 0.4) is 0 Å². The van der Waals surface area contributed by atoms with Crippen LogP contribution in [0.2, 0.25) is 0 Å². The molecule has 0 aliphatic heterocycles. The van der Waals surface area contributed by atoms with Crippen LogP contribution in [0.5, 0.6) is 0 Å². The lowest BCUT2D eigenvalue weighted by atomic mass is 9.88. The third-order valence-electron chi connectivity index (χ3n) is 6.31. The molecule has 180 valence electrons. The average Bonchev–Trinajstić information content (AvgIpc) is 2.74. The van der Waals surface area contributed by atoms with Crippen molar-refractivity contribution in [2.24, 2.45) is 5.73 Å². The molecule has 0 radical (unpaired) electrons. The highest BCUT2D eigenvalue weighted by molar-refractivity contribution is 5.80. The van der Waals surface area contributed by atoms with E-state index in [9.17, 15) is 4.79 Å². The first-order chi connectivity index (χ1) is 14.6. The van der Waals surface area contributed by atoms with E-state index in [-0.39, 0.29) is 5.97 Å². The quantitative estimate of drug-likeness (QED) is 0.132. The zero-order chi connectivity index (χ0) is 22.3. The van der Waals surface area contributed by atoms with Gasteiger partial charge in [0.25, 0.3) is 0 Å². The number of carbonyl (C=O) groups is 1. The van der Waals surface area contributed by atoms with Gasteiger partial charge in [-0.3, -0.25) is 4.79 Å². The van der Waals surface area contributed by atoms with E-state index >= 15 is 0 Å². The second-order valence-corrected chi connectivity index (χ2v) is 9.45. The Labute approximate surface area is 189 Å². The predicted octanol–water partition coefficient (Wildman–Crippen LogP) is 8.48. The molecule has 0 aliphatic rings. The summed E-state index contributed by atoms with van der Waals surface area (Å²) in [6.45, 7) is 7.14. The molecule has 0 aromatic rings. The number of carbonyl (C=O) groups excluding carboxylic acids is 1. The van der Waals surface area contributed by atoms with Gasteiger partial charge in [0.15, 0.2) is 0 Å². The lowest BCUT2D eigenvalue weighted by Gasteiger charge is -2.27. The normalized spacial score (nSPS) is 13.3. The largest absolute Gasteiger partial charge is 0.464 e. The standard InChI is InChI=1S/C27H55NO2/c1-4-7-9-11-13-14-15-16-17-18-20-22-25-30-26(29)27(28,23-6-3)24-21-19-12-10-8-5-2/h4-25,28H2,1-3H3. The molecular formula is C27H55NO2. The number of nitrogens with two attached hydrogens (primary N) is 1. The molecule has 0 spiro atoms. The molecule has 0 aromatic heterocycles. The Kier molecular flexibility index (Phi) is 21.2. The summed E-state index contributed by atoms with van der Waals surface area (Å²) in [4.78, 5) is 12.6. The molecule has 0 saturated heterocycles. The van der Waals surface area contributed by atoms with Gasteiger partial charge in [-0.25, -0.2) is 0 Å². The van der Waals surface area contributed by atoms with Gasteiger partial charge in [0.2, 0.25) is 0 Å². The fourth-order valence-corrected chi connectivity index (χ4v) is 4.25. The van der Waals surface area contributed by atoms with E-state index in [2.05, 4.69) is 20.8 Å². The highest BCUT2D eigenvalue weighted by Crippen LogP contribution is 2.21. The second-order valence-electron chi connectivity index (χ2n) is 9.45. The summed E-state index contributed by atoms with van der Waals surface area (Å²) >= 11 is 0. The van der Waals surface area contributed by atoms with Gasteiger partial charge in [-0.1, -0.05) is 136 Å². The van der Waals surface area contributed by atoms with Crippen molar-refractivity contribution in [2.75, 3.05) is 6.61 Å². The van der Waals surface area contributed by atoms with Crippen LogP contribution in [0.1, 0.15) is 156 Å². The molecule has 0 saturated carbocycles. The Hall–Kier alpha value is -0.570. The number of unbranched alkanes of at least 4 members (excludes halogenated alkanes) is 16. The Morgan fingerprint density at radius 1 is 0.567 bits per heavy atom. The van der Waals surface area contributed by atoms with Crippen LogP contribution in [0, 0.1) is 0 Å². The first kappa shape index (κ1) is 29.4. The van der Waals surface area contributed by atoms with Gasteiger partial charge in [-0.05, 0) is 19.3 Å². The maximum atomic E-state index is 12.6. The van der Waals surface area contributed by atoms with E-state index in [0.29, 0.717) is 6.61 Å². The molecule has 0 rings (SSSR count). The van der Waals surface area contributed by atoms with Crippen LogP contribution in [0.15, 0.2) is 0 Å². The van der Waals surface area contributed by atoms with Crippen LogP contribution in [0.25, 0.3) is 0 Å². The number of hydrogen-bond acceptors (Lipinski definition) is 3. The van der Waals surface area contributed by atoms with Crippen molar-refractivity contribution in [3.05, 3.63) is 0 Å². The number of rotatable bonds is 23. The van der Waals surface area contributed by atoms with Crippen LogP contribution < -0.4 is 5.73 Å². The SMILES string of the molecule is CCCCCCCCCCCCCCOC(=O)C(N)(CCC)CCCCCCCC. The van der Waals surface area contributed by atoms with Crippen molar-refractivity contribution in [2.45, 2.75) is 161 Å². The number of esters is 1. The monoisotopic (exact) mass is 425 g/mol. The van der Waals surface area contributed by atoms with Crippen LogP contribution in [-0.2, 0) is 9.53 Å². The Morgan fingerprint density at radius 2 is 0.967 bits per heavy atom. The van der Waals surface area contributed by atoms with E-state index in [1.54, 1.807) is 0 Å². The average molecular weight is 426 g/mol. The van der Waals surface area contributed by atoms with Crippen LogP contribution in [-0.4, -0.2) is 18.1 Å². The zero-order valence-corrected chi connectivity index (χ0v) is 21.0. The van der Waals surface area contributed by atoms with E-state index in [1.807, 2.05) is 0 Å². The van der Waals surface area contributed by atoms with E-state index in [0.717, 1.165) is 38.5 Å². The molecule has 0 aliphatic carbocycles. The van der Waals surface area contributed by atoms with Gasteiger partial charge in [-0.2, -0.15) is 0 Å². The van der Waals surface area contributed by atoms with E-state index in [1.165, 1.54) is 96.3 Å². The van der Waals surface area contributed by atoms with Crippen LogP contribution in [0.4, 0.5) is 0 Å². The van der Waals surface area contributed by atoms with Gasteiger partial charge in [0.05, 0.1) is 6.61 Å². The summed E-state index contributed by atoms with van der Waals surface area (Å²) in [6.07, 6.45) is 25.6. The molecule has 3 nitrogen and oxygen atoms in total. The molecule has 1 unspecified atom stereocenters.